The van der Waals surface area contributed by atoms with Gasteiger partial charge in [-0.1, -0.05) is 0 Å². The number of hydrogen-bond donors (Lipinski definition) is 16. The van der Waals surface area contributed by atoms with Crippen LogP contribution in [0.5, 0.6) is 0 Å². The molecule has 0 rings (SSSR count). The van der Waals surface area contributed by atoms with E-state index >= 15 is 0 Å². The Bertz CT molecular complexity index is 1580. The van der Waals surface area contributed by atoms with Gasteiger partial charge in [0.15, 0.2) is 0 Å². The maximum Gasteiger partial charge on any atom is 0.233 e. The first-order valence-electron chi connectivity index (χ1n) is 26.9. The van der Waals surface area contributed by atoms with Crippen LogP contribution in [0.1, 0.15) is 57.8 Å². The van der Waals surface area contributed by atoms with Gasteiger partial charge >= 0.3 is 0 Å². The van der Waals surface area contributed by atoms with Gasteiger partial charge in [0.05, 0.1) is 6.54 Å². The van der Waals surface area contributed by atoms with Crippen LogP contribution in [0.15, 0.2) is 0 Å². The van der Waals surface area contributed by atoms with E-state index < -0.39 is 0 Å². The Hall–Kier alpha value is -5.70. The molecule has 444 valence electrons. The van der Waals surface area contributed by atoms with E-state index in [1.165, 1.54) is 0 Å². The van der Waals surface area contributed by atoms with E-state index in [1.807, 2.05) is 19.6 Å². The minimum Gasteiger partial charge on any atom is -0.355 e. The summed E-state index contributed by atoms with van der Waals surface area (Å²) in [6, 6.07) is 0. The zero-order valence-electron chi connectivity index (χ0n) is 45.5. The number of carbonyl (C=O) groups is 10. The molecule has 0 saturated carbocycles. The van der Waals surface area contributed by atoms with E-state index in [9.17, 15) is 47.9 Å². The summed E-state index contributed by atoms with van der Waals surface area (Å²) in [4.78, 5) is 133. The van der Waals surface area contributed by atoms with Crippen molar-refractivity contribution in [2.45, 2.75) is 57.8 Å². The molecule has 0 aliphatic rings. The zero-order valence-corrected chi connectivity index (χ0v) is 45.5. The van der Waals surface area contributed by atoms with E-state index in [4.69, 9.17) is 34.4 Å². The predicted octanol–water partition coefficient (Wildman–Crippen LogP) is -9.38. The summed E-state index contributed by atoms with van der Waals surface area (Å²) in [5, 5.41) is 27.6. The largest absolute Gasteiger partial charge is 0.355 e. The second-order valence-corrected chi connectivity index (χ2v) is 17.8. The van der Waals surface area contributed by atoms with Crippen LogP contribution in [-0.2, 0) is 47.9 Å². The van der Waals surface area contributed by atoms with Crippen LogP contribution in [0.25, 0.3) is 0 Å². The topological polar surface area (TPSA) is 460 Å². The maximum atomic E-state index is 13.2. The minimum atomic E-state index is -0.343. The first-order chi connectivity index (χ1) is 37.1. The van der Waals surface area contributed by atoms with Crippen LogP contribution in [-0.4, -0.2) is 262 Å². The van der Waals surface area contributed by atoms with Crippen LogP contribution in [0, 0.1) is 0 Å². The van der Waals surface area contributed by atoms with Crippen LogP contribution in [0.4, 0.5) is 0 Å². The number of nitrogens with zero attached hydrogens (tertiary/aromatic N) is 4. The van der Waals surface area contributed by atoms with Gasteiger partial charge in [-0.15, -0.1) is 0 Å². The molecule has 10 amide bonds. The Morgan fingerprint density at radius 2 is 0.364 bits per heavy atom. The van der Waals surface area contributed by atoms with E-state index in [0.717, 1.165) is 0 Å². The summed E-state index contributed by atoms with van der Waals surface area (Å²) in [6.07, 6.45) is 0.989. The summed E-state index contributed by atoms with van der Waals surface area (Å²) >= 11 is 0. The summed E-state index contributed by atoms with van der Waals surface area (Å²) in [5.41, 5.74) is 32.8. The molecule has 0 aromatic heterocycles. The molecule has 77 heavy (non-hydrogen) atoms. The molecule has 30 nitrogen and oxygen atoms in total. The quantitative estimate of drug-likeness (QED) is 0.0252. The van der Waals surface area contributed by atoms with Crippen molar-refractivity contribution in [3.8, 4) is 0 Å². The van der Waals surface area contributed by atoms with Crippen LogP contribution in [0.2, 0.25) is 0 Å². The summed E-state index contributed by atoms with van der Waals surface area (Å²) < 4.78 is 0. The van der Waals surface area contributed by atoms with Gasteiger partial charge in [-0.3, -0.25) is 47.9 Å². The van der Waals surface area contributed by atoms with E-state index in [0.29, 0.717) is 111 Å². The standard InChI is InChI=1S/C47H96N20O10/c48-10-15-54-38(68)4-28-65(29-5-39(69)55-16-11-49)34-22-61-44(74)1-25-64(26-2-45(75)62-23-35-66(30-6-40(70)56-17-12-50)31-7-41(71)57-18-13-51)27-3-46(76)63-24-36-67(32-8-42(72)58-19-14-52)33-9-43(73)59-20-21-60-47(77)37-53/h1-37,48-53H2,(H,54,68)(H,55,69)(H,56,70)(H,57,71)(H,58,72)(H,59,73)(H,60,77)(H,61,74)(H,62,75)(H,63,76). The summed E-state index contributed by atoms with van der Waals surface area (Å²) in [7, 11) is 0. The molecule has 0 unspecified atom stereocenters. The highest BCUT2D eigenvalue weighted by atomic mass is 16.2. The molecular weight excluding hydrogens is 1000 g/mol. The third-order valence-corrected chi connectivity index (χ3v) is 11.4. The lowest BCUT2D eigenvalue weighted by Gasteiger charge is -2.24. The number of amides is 10. The molecule has 0 aliphatic carbocycles. The number of nitrogens with two attached hydrogens (primary N) is 6. The van der Waals surface area contributed by atoms with Crippen LogP contribution in [0.3, 0.4) is 0 Å². The molecule has 0 radical (unpaired) electrons. The Kier molecular flexibility index (Phi) is 45.1. The lowest BCUT2D eigenvalue weighted by atomic mass is 10.2. The SMILES string of the molecule is NCCNC(=O)CCN(CCNC(=O)CCN(CCC(=O)NCCN(CCC(=O)NCCN)CCC(=O)NCCN)CCC(=O)NCCN(CCC(=O)NCCN)CCC(=O)NCCNC(=O)CN)CCC(=O)NCCN. The fourth-order valence-electron chi connectivity index (χ4n) is 7.07. The molecule has 0 bridgehead atoms. The van der Waals surface area contributed by atoms with E-state index in [-0.39, 0.29) is 189 Å². The van der Waals surface area contributed by atoms with Crippen LogP contribution < -0.4 is 87.6 Å². The van der Waals surface area contributed by atoms with Crippen molar-refractivity contribution in [2.24, 2.45) is 34.4 Å². The smallest absolute Gasteiger partial charge is 0.233 e. The van der Waals surface area contributed by atoms with Gasteiger partial charge in [0.2, 0.25) is 59.1 Å². The third-order valence-electron chi connectivity index (χ3n) is 11.4. The van der Waals surface area contributed by atoms with Gasteiger partial charge in [-0.2, -0.15) is 0 Å². The minimum absolute atomic E-state index is 0.0210. The first-order valence-corrected chi connectivity index (χ1v) is 26.9. The van der Waals surface area contributed by atoms with Crippen molar-refractivity contribution in [3.05, 3.63) is 0 Å². The van der Waals surface area contributed by atoms with Crippen molar-refractivity contribution < 1.29 is 47.9 Å². The third kappa shape index (κ3) is 44.0. The second kappa shape index (κ2) is 48.7. The Morgan fingerprint density at radius 1 is 0.208 bits per heavy atom. The average molecular weight is 1100 g/mol. The van der Waals surface area contributed by atoms with Gasteiger partial charge in [-0.05, 0) is 0 Å². The Labute approximate surface area is 454 Å². The van der Waals surface area contributed by atoms with Crippen molar-refractivity contribution in [3.63, 3.8) is 0 Å². The summed E-state index contributed by atoms with van der Waals surface area (Å²) in [5.74, 6) is -2.45. The summed E-state index contributed by atoms with van der Waals surface area (Å²) in [6.45, 7) is 7.60. The average Bonchev–Trinajstić information content (AvgIpc) is 3.42. The second-order valence-electron chi connectivity index (χ2n) is 17.8. The lowest BCUT2D eigenvalue weighted by molar-refractivity contribution is -0.124. The number of rotatable bonds is 50. The maximum absolute atomic E-state index is 13.2. The monoisotopic (exact) mass is 1100 g/mol. The van der Waals surface area contributed by atoms with Gasteiger partial charge in [0, 0.05) is 234 Å². The zero-order chi connectivity index (χ0) is 57.3. The normalized spacial score (nSPS) is 11.0. The Morgan fingerprint density at radius 3 is 0.545 bits per heavy atom. The number of hydrogen-bond acceptors (Lipinski definition) is 20. The van der Waals surface area contributed by atoms with Crippen molar-refractivity contribution in [1.29, 1.82) is 0 Å². The lowest BCUT2D eigenvalue weighted by Crippen LogP contribution is -2.42. The van der Waals surface area contributed by atoms with Crippen molar-refractivity contribution in [1.82, 2.24) is 72.8 Å². The molecule has 0 atom stereocenters. The molecule has 0 aliphatic heterocycles. The van der Waals surface area contributed by atoms with Crippen molar-refractivity contribution in [2.75, 3.05) is 183 Å². The highest BCUT2D eigenvalue weighted by Crippen LogP contribution is 2.02. The van der Waals surface area contributed by atoms with Crippen LogP contribution >= 0.6 is 0 Å². The van der Waals surface area contributed by atoms with Gasteiger partial charge < -0.3 is 107 Å². The molecule has 0 fully saturated rings. The highest BCUT2D eigenvalue weighted by molar-refractivity contribution is 5.80. The van der Waals surface area contributed by atoms with Gasteiger partial charge in [0.1, 0.15) is 0 Å². The molecule has 0 heterocycles. The fourth-order valence-corrected chi connectivity index (χ4v) is 7.07. The van der Waals surface area contributed by atoms with Gasteiger partial charge in [-0.25, -0.2) is 0 Å². The number of carbonyl (C=O) groups excluding carboxylic acids is 10. The molecule has 0 saturated heterocycles. The molecule has 0 aromatic rings. The predicted molar refractivity (Wildman–Crippen MR) is 292 cm³/mol. The first kappa shape index (κ1) is 71.3. The van der Waals surface area contributed by atoms with E-state index in [1.54, 1.807) is 0 Å². The molecule has 22 N–H and O–H groups in total. The molecular formula is C47H96N20O10. The van der Waals surface area contributed by atoms with Crippen molar-refractivity contribution >= 4 is 59.1 Å². The molecule has 30 heteroatoms. The fraction of sp³-hybridized carbons (Fsp3) is 0.787. The van der Waals surface area contributed by atoms with E-state index in [2.05, 4.69) is 53.2 Å². The molecule has 0 spiro atoms. The Balaban J connectivity index is 5.79. The van der Waals surface area contributed by atoms with Gasteiger partial charge in [0.25, 0.3) is 0 Å². The highest BCUT2D eigenvalue weighted by Gasteiger charge is 2.17. The molecule has 0 aromatic carbocycles. The number of nitrogens with one attached hydrogen (secondary N) is 10.